The van der Waals surface area contributed by atoms with Crippen molar-refractivity contribution in [2.24, 2.45) is 11.3 Å². The standard InChI is InChI=1S/C16H23BrO2/c1-11(16(2,3)4)9-13(17)12-5-6-14-15(10-12)19-8-7-18-14/h5-6,10-11,13H,7-9H2,1-4H3. The topological polar surface area (TPSA) is 18.5 Å². The van der Waals surface area contributed by atoms with E-state index >= 15 is 0 Å². The predicted molar refractivity (Wildman–Crippen MR) is 82.3 cm³/mol. The number of halogens is 1. The third kappa shape index (κ3) is 3.65. The molecule has 2 unspecified atom stereocenters. The van der Waals surface area contributed by atoms with Gasteiger partial charge in [0, 0.05) is 4.83 Å². The van der Waals surface area contributed by atoms with E-state index in [0.717, 1.165) is 17.9 Å². The highest BCUT2D eigenvalue weighted by atomic mass is 79.9. The molecule has 19 heavy (non-hydrogen) atoms. The van der Waals surface area contributed by atoms with Gasteiger partial charge in [-0.25, -0.2) is 0 Å². The lowest BCUT2D eigenvalue weighted by molar-refractivity contribution is 0.171. The van der Waals surface area contributed by atoms with Gasteiger partial charge in [-0.2, -0.15) is 0 Å². The van der Waals surface area contributed by atoms with E-state index in [1.807, 2.05) is 6.07 Å². The number of rotatable bonds is 3. The van der Waals surface area contributed by atoms with Crippen molar-refractivity contribution >= 4 is 15.9 Å². The average Bonchev–Trinajstić information content (AvgIpc) is 2.37. The van der Waals surface area contributed by atoms with E-state index in [-0.39, 0.29) is 0 Å². The van der Waals surface area contributed by atoms with Gasteiger partial charge >= 0.3 is 0 Å². The van der Waals surface area contributed by atoms with Gasteiger partial charge in [-0.3, -0.25) is 0 Å². The predicted octanol–water partition coefficient (Wildman–Crippen LogP) is 4.97. The van der Waals surface area contributed by atoms with Crippen LogP contribution < -0.4 is 9.47 Å². The Balaban J connectivity index is 2.09. The van der Waals surface area contributed by atoms with Gasteiger partial charge in [0.05, 0.1) is 0 Å². The first kappa shape index (κ1) is 14.7. The molecule has 0 saturated heterocycles. The summed E-state index contributed by atoms with van der Waals surface area (Å²) in [6.45, 7) is 10.5. The van der Waals surface area contributed by atoms with Crippen LogP contribution in [0.3, 0.4) is 0 Å². The van der Waals surface area contributed by atoms with Crippen molar-refractivity contribution in [3.8, 4) is 11.5 Å². The summed E-state index contributed by atoms with van der Waals surface area (Å²) in [4.78, 5) is 0.359. The first-order valence-corrected chi connectivity index (χ1v) is 7.83. The fourth-order valence-electron chi connectivity index (χ4n) is 2.05. The van der Waals surface area contributed by atoms with Gasteiger partial charge in [-0.15, -0.1) is 0 Å². The lowest BCUT2D eigenvalue weighted by Crippen LogP contribution is -2.19. The molecule has 1 aliphatic heterocycles. The third-order valence-electron chi connectivity index (χ3n) is 3.97. The summed E-state index contributed by atoms with van der Waals surface area (Å²) in [5.74, 6) is 2.38. The summed E-state index contributed by atoms with van der Waals surface area (Å²) in [5.41, 5.74) is 1.60. The highest BCUT2D eigenvalue weighted by molar-refractivity contribution is 9.09. The number of hydrogen-bond acceptors (Lipinski definition) is 2. The summed E-state index contributed by atoms with van der Waals surface area (Å²) in [5, 5.41) is 0. The third-order valence-corrected chi connectivity index (χ3v) is 4.87. The number of benzene rings is 1. The molecule has 0 spiro atoms. The number of ether oxygens (including phenoxy) is 2. The lowest BCUT2D eigenvalue weighted by atomic mass is 9.79. The first-order chi connectivity index (χ1) is 8.88. The van der Waals surface area contributed by atoms with Crippen LogP contribution in [0.15, 0.2) is 18.2 Å². The van der Waals surface area contributed by atoms with Gasteiger partial charge in [0.25, 0.3) is 0 Å². The van der Waals surface area contributed by atoms with Gasteiger partial charge in [-0.05, 0) is 35.4 Å². The molecule has 106 valence electrons. The van der Waals surface area contributed by atoms with E-state index in [1.165, 1.54) is 5.56 Å². The highest BCUT2D eigenvalue weighted by Gasteiger charge is 2.24. The Bertz CT molecular complexity index is 437. The summed E-state index contributed by atoms with van der Waals surface area (Å²) in [6, 6.07) is 6.24. The summed E-state index contributed by atoms with van der Waals surface area (Å²) < 4.78 is 11.2. The number of hydrogen-bond donors (Lipinski definition) is 0. The molecule has 3 heteroatoms. The van der Waals surface area contributed by atoms with E-state index in [9.17, 15) is 0 Å². The Hall–Kier alpha value is -0.700. The molecule has 2 nitrogen and oxygen atoms in total. The van der Waals surface area contributed by atoms with Crippen molar-refractivity contribution < 1.29 is 9.47 Å². The second kappa shape index (κ2) is 5.74. The molecule has 2 atom stereocenters. The van der Waals surface area contributed by atoms with Crippen LogP contribution in [0, 0.1) is 11.3 Å². The molecule has 0 bridgehead atoms. The maximum absolute atomic E-state index is 5.64. The second-order valence-electron chi connectivity index (χ2n) is 6.37. The van der Waals surface area contributed by atoms with Gasteiger partial charge in [0.15, 0.2) is 11.5 Å². The second-order valence-corrected chi connectivity index (χ2v) is 7.48. The Labute approximate surface area is 124 Å². The zero-order valence-corrected chi connectivity index (χ0v) is 13.8. The van der Waals surface area contributed by atoms with E-state index in [1.54, 1.807) is 0 Å². The Kier molecular flexibility index (Phi) is 4.44. The van der Waals surface area contributed by atoms with Gasteiger partial charge in [0.1, 0.15) is 13.2 Å². The van der Waals surface area contributed by atoms with Crippen LogP contribution in [0.25, 0.3) is 0 Å². The van der Waals surface area contributed by atoms with Gasteiger partial charge in [0.2, 0.25) is 0 Å². The fraction of sp³-hybridized carbons (Fsp3) is 0.625. The Morgan fingerprint density at radius 1 is 1.16 bits per heavy atom. The molecular weight excluding hydrogens is 304 g/mol. The summed E-state index contributed by atoms with van der Waals surface area (Å²) in [7, 11) is 0. The SMILES string of the molecule is CC(CC(Br)c1ccc2c(c1)OCCO2)C(C)(C)C. The maximum atomic E-state index is 5.64. The molecule has 1 aliphatic rings. The van der Waals surface area contributed by atoms with Crippen molar-refractivity contribution in [1.82, 2.24) is 0 Å². The minimum atomic E-state index is 0.333. The Morgan fingerprint density at radius 3 is 2.42 bits per heavy atom. The highest BCUT2D eigenvalue weighted by Crippen LogP contribution is 2.40. The average molecular weight is 327 g/mol. The van der Waals surface area contributed by atoms with Crippen LogP contribution in [0.4, 0.5) is 0 Å². The number of fused-ring (bicyclic) bond motifs is 1. The van der Waals surface area contributed by atoms with E-state index in [2.05, 4.69) is 55.8 Å². The fourth-order valence-corrected chi connectivity index (χ4v) is 2.90. The minimum Gasteiger partial charge on any atom is -0.486 e. The zero-order chi connectivity index (χ0) is 14.0. The van der Waals surface area contributed by atoms with Crippen LogP contribution in [-0.4, -0.2) is 13.2 Å². The first-order valence-electron chi connectivity index (χ1n) is 6.91. The van der Waals surface area contributed by atoms with E-state index < -0.39 is 0 Å². The quantitative estimate of drug-likeness (QED) is 0.730. The largest absolute Gasteiger partial charge is 0.486 e. The van der Waals surface area contributed by atoms with Crippen LogP contribution in [-0.2, 0) is 0 Å². The van der Waals surface area contributed by atoms with Crippen molar-refractivity contribution in [3.63, 3.8) is 0 Å². The van der Waals surface area contributed by atoms with Crippen LogP contribution in [0.1, 0.15) is 44.5 Å². The molecule has 0 fully saturated rings. The maximum Gasteiger partial charge on any atom is 0.161 e. The van der Waals surface area contributed by atoms with Crippen LogP contribution >= 0.6 is 15.9 Å². The molecule has 2 rings (SSSR count). The van der Waals surface area contributed by atoms with Crippen molar-refractivity contribution in [2.45, 2.75) is 38.9 Å². The number of alkyl halides is 1. The van der Waals surface area contributed by atoms with Gasteiger partial charge < -0.3 is 9.47 Å². The lowest BCUT2D eigenvalue weighted by Gasteiger charge is -2.29. The zero-order valence-electron chi connectivity index (χ0n) is 12.2. The van der Waals surface area contributed by atoms with Crippen molar-refractivity contribution in [3.05, 3.63) is 23.8 Å². The molecule has 0 saturated carbocycles. The smallest absolute Gasteiger partial charge is 0.161 e. The molecule has 0 radical (unpaired) electrons. The van der Waals surface area contributed by atoms with Gasteiger partial charge in [-0.1, -0.05) is 49.7 Å². The van der Waals surface area contributed by atoms with Crippen LogP contribution in [0.2, 0.25) is 0 Å². The molecule has 0 N–H and O–H groups in total. The minimum absolute atomic E-state index is 0.333. The molecule has 1 heterocycles. The molecule has 0 aromatic heterocycles. The van der Waals surface area contributed by atoms with E-state index in [0.29, 0.717) is 29.4 Å². The summed E-state index contributed by atoms with van der Waals surface area (Å²) in [6.07, 6.45) is 1.11. The molecule has 1 aromatic rings. The molecular formula is C16H23BrO2. The normalized spacial score (nSPS) is 17.9. The summed E-state index contributed by atoms with van der Waals surface area (Å²) >= 11 is 3.81. The molecule has 0 amide bonds. The molecule has 0 aliphatic carbocycles. The monoisotopic (exact) mass is 326 g/mol. The van der Waals surface area contributed by atoms with Crippen LogP contribution in [0.5, 0.6) is 11.5 Å². The van der Waals surface area contributed by atoms with Crippen molar-refractivity contribution in [2.75, 3.05) is 13.2 Å². The Morgan fingerprint density at radius 2 is 1.79 bits per heavy atom. The molecule has 1 aromatic carbocycles. The van der Waals surface area contributed by atoms with E-state index in [4.69, 9.17) is 9.47 Å². The van der Waals surface area contributed by atoms with Crippen molar-refractivity contribution in [1.29, 1.82) is 0 Å².